The maximum absolute atomic E-state index is 16.4. The van der Waals surface area contributed by atoms with E-state index < -0.39 is 41.7 Å². The highest BCUT2D eigenvalue weighted by molar-refractivity contribution is 5.63. The van der Waals surface area contributed by atoms with E-state index in [2.05, 4.69) is 25.2 Å². The number of alkyl halides is 5. The van der Waals surface area contributed by atoms with E-state index in [4.69, 9.17) is 4.74 Å². The summed E-state index contributed by atoms with van der Waals surface area (Å²) in [6, 6.07) is 10.8. The number of aryl methyl sites for hydroxylation is 1. The van der Waals surface area contributed by atoms with E-state index in [9.17, 15) is 17.6 Å². The van der Waals surface area contributed by atoms with Gasteiger partial charge in [0.25, 0.3) is 0 Å². The summed E-state index contributed by atoms with van der Waals surface area (Å²) < 4.78 is 94.5. The van der Waals surface area contributed by atoms with Gasteiger partial charge >= 0.3 is 12.3 Å². The molecule has 0 amide bonds. The van der Waals surface area contributed by atoms with Crippen LogP contribution in [0.25, 0.3) is 11.1 Å². The molecule has 0 spiro atoms. The number of aromatic nitrogens is 5. The van der Waals surface area contributed by atoms with Crippen LogP contribution in [0.15, 0.2) is 67.1 Å². The Balaban J connectivity index is 1.74. The lowest BCUT2D eigenvalue weighted by Gasteiger charge is -2.40. The third kappa shape index (κ3) is 5.32. The molecule has 2 aromatic carbocycles. The molecular weight excluding hydrogens is 516 g/mol. The molecule has 38 heavy (non-hydrogen) atoms. The fourth-order valence-electron chi connectivity index (χ4n) is 4.19. The second-order valence-corrected chi connectivity index (χ2v) is 8.27. The highest BCUT2D eigenvalue weighted by atomic mass is 19.4. The van der Waals surface area contributed by atoms with E-state index >= 15 is 8.78 Å². The van der Waals surface area contributed by atoms with E-state index in [0.29, 0.717) is 16.7 Å². The summed E-state index contributed by atoms with van der Waals surface area (Å²) in [5.74, 6) is -4.79. The third-order valence-corrected chi connectivity index (χ3v) is 6.02. The molecule has 1 unspecified atom stereocenters. The lowest BCUT2D eigenvalue weighted by molar-refractivity contribution is -0.274. The van der Waals surface area contributed by atoms with Crippen molar-refractivity contribution in [3.8, 4) is 16.9 Å². The van der Waals surface area contributed by atoms with Crippen LogP contribution in [-0.2, 0) is 29.2 Å². The number of ether oxygens (including phenoxy) is 2. The summed E-state index contributed by atoms with van der Waals surface area (Å²) in [4.78, 5) is 3.97. The Morgan fingerprint density at radius 1 is 0.921 bits per heavy atom. The number of pyridine rings is 1. The molecule has 0 saturated heterocycles. The van der Waals surface area contributed by atoms with Crippen LogP contribution in [0.3, 0.4) is 0 Å². The standard InChI is InChI=1S/C25H21F6N5O2/c1-3-16-12-19(26)7-10-21(16)23(37-2,14-36-15-33-34-35-36)24(27,28)22-11-6-18(13-32-22)17-4-8-20(9-5-17)38-25(29,30)31/h4-13,15H,3,14H2,1-2H3. The quantitative estimate of drug-likeness (QED) is 0.256. The van der Waals surface area contributed by atoms with E-state index in [1.807, 2.05) is 0 Å². The van der Waals surface area contributed by atoms with Crippen molar-refractivity contribution >= 4 is 0 Å². The van der Waals surface area contributed by atoms with Crippen molar-refractivity contribution < 1.29 is 35.8 Å². The Morgan fingerprint density at radius 3 is 2.18 bits per heavy atom. The zero-order valence-corrected chi connectivity index (χ0v) is 20.1. The van der Waals surface area contributed by atoms with Gasteiger partial charge in [0.2, 0.25) is 0 Å². The van der Waals surface area contributed by atoms with Crippen molar-refractivity contribution in [2.24, 2.45) is 0 Å². The fraction of sp³-hybridized carbons (Fsp3) is 0.280. The van der Waals surface area contributed by atoms with Crippen LogP contribution >= 0.6 is 0 Å². The Kier molecular flexibility index (Phi) is 7.40. The number of methoxy groups -OCH3 is 1. The number of rotatable bonds is 9. The van der Waals surface area contributed by atoms with Crippen molar-refractivity contribution in [1.29, 1.82) is 0 Å². The lowest BCUT2D eigenvalue weighted by atomic mass is 9.81. The van der Waals surface area contributed by atoms with Crippen molar-refractivity contribution in [1.82, 2.24) is 25.2 Å². The first-order valence-corrected chi connectivity index (χ1v) is 11.2. The molecule has 2 aromatic heterocycles. The number of hydrogen-bond donors (Lipinski definition) is 0. The van der Waals surface area contributed by atoms with Crippen molar-refractivity contribution in [3.05, 3.63) is 89.8 Å². The van der Waals surface area contributed by atoms with Crippen molar-refractivity contribution in [2.75, 3.05) is 7.11 Å². The molecule has 0 bridgehead atoms. The minimum absolute atomic E-state index is 0.0375. The van der Waals surface area contributed by atoms with Gasteiger partial charge in [-0.2, -0.15) is 8.78 Å². The minimum atomic E-state index is -4.84. The average Bonchev–Trinajstić information content (AvgIpc) is 3.40. The second-order valence-electron chi connectivity index (χ2n) is 8.27. The predicted octanol–water partition coefficient (Wildman–Crippen LogP) is 5.67. The van der Waals surface area contributed by atoms with E-state index in [1.54, 1.807) is 6.92 Å². The average molecular weight is 537 g/mol. The topological polar surface area (TPSA) is 75.0 Å². The molecule has 0 fully saturated rings. The summed E-state index contributed by atoms with van der Waals surface area (Å²) in [6.45, 7) is 1.18. The largest absolute Gasteiger partial charge is 0.573 e. The molecule has 0 N–H and O–H groups in total. The number of benzene rings is 2. The van der Waals surface area contributed by atoms with Gasteiger partial charge in [-0.15, -0.1) is 18.3 Å². The minimum Gasteiger partial charge on any atom is -0.406 e. The third-order valence-electron chi connectivity index (χ3n) is 6.02. The summed E-state index contributed by atoms with van der Waals surface area (Å²) in [6.07, 6.45) is -2.27. The van der Waals surface area contributed by atoms with E-state index in [0.717, 1.165) is 42.4 Å². The Hall–Kier alpha value is -4.00. The SMILES string of the molecule is CCc1cc(F)ccc1C(Cn1cnnn1)(OC)C(F)(F)c1ccc(-c2ccc(OC(F)(F)F)cc2)cn1. The van der Waals surface area contributed by atoms with Gasteiger partial charge in [0.1, 0.15) is 23.6 Å². The van der Waals surface area contributed by atoms with Gasteiger partial charge in [0.05, 0.1) is 6.54 Å². The van der Waals surface area contributed by atoms with Crippen LogP contribution in [0.5, 0.6) is 5.75 Å². The van der Waals surface area contributed by atoms with Gasteiger partial charge in [-0.3, -0.25) is 4.98 Å². The first-order chi connectivity index (χ1) is 18.0. The highest BCUT2D eigenvalue weighted by Gasteiger charge is 2.59. The molecule has 0 aliphatic carbocycles. The molecule has 13 heteroatoms. The molecule has 7 nitrogen and oxygen atoms in total. The van der Waals surface area contributed by atoms with Gasteiger partial charge in [-0.25, -0.2) is 9.07 Å². The van der Waals surface area contributed by atoms with E-state index in [1.165, 1.54) is 36.5 Å². The molecule has 200 valence electrons. The fourth-order valence-corrected chi connectivity index (χ4v) is 4.19. The zero-order chi connectivity index (χ0) is 27.6. The molecule has 4 aromatic rings. The molecule has 0 radical (unpaired) electrons. The monoisotopic (exact) mass is 537 g/mol. The summed E-state index contributed by atoms with van der Waals surface area (Å²) in [7, 11) is 1.11. The molecule has 0 aliphatic rings. The molecule has 1 atom stereocenters. The smallest absolute Gasteiger partial charge is 0.406 e. The Morgan fingerprint density at radius 2 is 1.63 bits per heavy atom. The molecule has 2 heterocycles. The lowest BCUT2D eigenvalue weighted by Crippen LogP contribution is -2.49. The van der Waals surface area contributed by atoms with Crippen LogP contribution in [0.2, 0.25) is 0 Å². The van der Waals surface area contributed by atoms with Crippen LogP contribution in [0, 0.1) is 5.82 Å². The number of hydrogen-bond acceptors (Lipinski definition) is 6. The van der Waals surface area contributed by atoms with Crippen molar-refractivity contribution in [3.63, 3.8) is 0 Å². The van der Waals surface area contributed by atoms with Gasteiger partial charge in [-0.1, -0.05) is 31.2 Å². The van der Waals surface area contributed by atoms with Crippen LogP contribution in [0.1, 0.15) is 23.7 Å². The summed E-state index contributed by atoms with van der Waals surface area (Å²) in [5, 5.41) is 10.7. The maximum atomic E-state index is 16.4. The molecule has 0 saturated carbocycles. The van der Waals surface area contributed by atoms with Gasteiger partial charge < -0.3 is 9.47 Å². The second kappa shape index (κ2) is 10.4. The normalized spacial score (nSPS) is 13.8. The summed E-state index contributed by atoms with van der Waals surface area (Å²) in [5.41, 5.74) is -1.89. The zero-order valence-electron chi connectivity index (χ0n) is 20.1. The van der Waals surface area contributed by atoms with Crippen LogP contribution in [-0.4, -0.2) is 38.7 Å². The van der Waals surface area contributed by atoms with Crippen LogP contribution in [0.4, 0.5) is 26.3 Å². The molecule has 4 rings (SSSR count). The van der Waals surface area contributed by atoms with Crippen LogP contribution < -0.4 is 4.74 Å². The highest BCUT2D eigenvalue weighted by Crippen LogP contribution is 2.49. The number of tetrazole rings is 1. The Labute approximate surface area is 213 Å². The maximum Gasteiger partial charge on any atom is 0.573 e. The Bertz CT molecular complexity index is 1360. The van der Waals surface area contributed by atoms with Gasteiger partial charge in [0, 0.05) is 18.9 Å². The first-order valence-electron chi connectivity index (χ1n) is 11.2. The number of halogens is 6. The van der Waals surface area contributed by atoms with Crippen molar-refractivity contribution in [2.45, 2.75) is 37.8 Å². The first kappa shape index (κ1) is 27.0. The molecular formula is C25H21F6N5O2. The summed E-state index contributed by atoms with van der Waals surface area (Å²) >= 11 is 0. The van der Waals surface area contributed by atoms with Gasteiger partial charge in [0.15, 0.2) is 5.60 Å². The van der Waals surface area contributed by atoms with Gasteiger partial charge in [-0.05, 0) is 63.9 Å². The molecule has 0 aliphatic heterocycles. The number of nitrogens with zero attached hydrogens (tertiary/aromatic N) is 5. The predicted molar refractivity (Wildman–Crippen MR) is 123 cm³/mol. The van der Waals surface area contributed by atoms with E-state index in [-0.39, 0.29) is 12.0 Å².